The van der Waals surface area contributed by atoms with Crippen LogP contribution in [0.5, 0.6) is 5.75 Å². The number of carbonyl (C=O) groups excluding carboxylic acids is 1. The second-order valence-electron chi connectivity index (χ2n) is 2.64. The summed E-state index contributed by atoms with van der Waals surface area (Å²) >= 11 is 0. The summed E-state index contributed by atoms with van der Waals surface area (Å²) in [6.07, 6.45) is 0. The highest BCUT2D eigenvalue weighted by atomic mass is 16.7. The number of hydrogen-bond donors (Lipinski definition) is 1. The first kappa shape index (κ1) is 11.0. The predicted octanol–water partition coefficient (Wildman–Crippen LogP) is 0.879. The molecule has 1 aromatic carbocycles. The zero-order valence-electron chi connectivity index (χ0n) is 8.34. The number of oxime groups is 1. The maximum Gasteiger partial charge on any atom is 0.323 e. The Labute approximate surface area is 87.5 Å². The number of nitrogens with two attached hydrogens (primary N) is 1. The Morgan fingerprint density at radius 3 is 2.67 bits per heavy atom. The molecule has 0 aliphatic heterocycles. The Morgan fingerprint density at radius 2 is 2.13 bits per heavy atom. The normalized spacial score (nSPS) is 10.9. The molecule has 0 saturated carbocycles. The van der Waals surface area contributed by atoms with Gasteiger partial charge in [-0.1, -0.05) is 5.16 Å². The Morgan fingerprint density at radius 1 is 1.47 bits per heavy atom. The van der Waals surface area contributed by atoms with Crippen LogP contribution in [0.15, 0.2) is 29.4 Å². The van der Waals surface area contributed by atoms with Gasteiger partial charge in [-0.15, -0.1) is 0 Å². The van der Waals surface area contributed by atoms with Gasteiger partial charge >= 0.3 is 6.47 Å². The van der Waals surface area contributed by atoms with Gasteiger partial charge in [-0.3, -0.25) is 4.79 Å². The van der Waals surface area contributed by atoms with Crippen LogP contribution < -0.4 is 10.5 Å². The molecule has 0 unspecified atom stereocenters. The number of benzene rings is 1. The first-order valence-electron chi connectivity index (χ1n) is 4.44. The third kappa shape index (κ3) is 3.30. The van der Waals surface area contributed by atoms with Crippen molar-refractivity contribution in [2.24, 2.45) is 10.9 Å². The van der Waals surface area contributed by atoms with Gasteiger partial charge in [-0.2, -0.15) is 0 Å². The van der Waals surface area contributed by atoms with Gasteiger partial charge in [0.1, 0.15) is 5.75 Å². The van der Waals surface area contributed by atoms with Crippen LogP contribution in [-0.4, -0.2) is 18.9 Å². The molecule has 0 heterocycles. The lowest BCUT2D eigenvalue weighted by atomic mass is 10.2. The lowest BCUT2D eigenvalue weighted by molar-refractivity contribution is -0.128. The van der Waals surface area contributed by atoms with Crippen LogP contribution in [0.25, 0.3) is 0 Å². The zero-order chi connectivity index (χ0) is 11.1. The molecule has 2 N–H and O–H groups in total. The average Bonchev–Trinajstić information content (AvgIpc) is 2.27. The fourth-order valence-electron chi connectivity index (χ4n) is 1.02. The van der Waals surface area contributed by atoms with Gasteiger partial charge in [0.2, 0.25) is 0 Å². The summed E-state index contributed by atoms with van der Waals surface area (Å²) in [5.74, 6) is 0.899. The molecule has 0 spiro atoms. The second kappa shape index (κ2) is 5.64. The van der Waals surface area contributed by atoms with Crippen molar-refractivity contribution in [2.45, 2.75) is 6.92 Å². The minimum Gasteiger partial charge on any atom is -0.494 e. The molecular weight excluding hydrogens is 196 g/mol. The maximum absolute atomic E-state index is 9.88. The molecule has 5 nitrogen and oxygen atoms in total. The highest BCUT2D eigenvalue weighted by Crippen LogP contribution is 2.11. The Bertz CT molecular complexity index is 346. The topological polar surface area (TPSA) is 73.9 Å². The van der Waals surface area contributed by atoms with Crippen LogP contribution in [0.2, 0.25) is 0 Å². The molecule has 0 aliphatic rings. The van der Waals surface area contributed by atoms with Crippen LogP contribution >= 0.6 is 0 Å². The zero-order valence-corrected chi connectivity index (χ0v) is 8.34. The molecule has 0 bridgehead atoms. The lowest BCUT2D eigenvalue weighted by Gasteiger charge is -2.03. The van der Waals surface area contributed by atoms with E-state index in [1.165, 1.54) is 0 Å². The molecule has 0 saturated heterocycles. The van der Waals surface area contributed by atoms with Crippen molar-refractivity contribution in [3.63, 3.8) is 0 Å². The predicted molar refractivity (Wildman–Crippen MR) is 55.5 cm³/mol. The van der Waals surface area contributed by atoms with Crippen molar-refractivity contribution in [1.29, 1.82) is 0 Å². The SMILES string of the molecule is CCOc1ccc(/C(N)=N/OC=O)cc1. The van der Waals surface area contributed by atoms with Crippen molar-refractivity contribution in [1.82, 2.24) is 0 Å². The molecule has 0 aliphatic carbocycles. The number of ether oxygens (including phenoxy) is 1. The first-order valence-corrected chi connectivity index (χ1v) is 4.44. The first-order chi connectivity index (χ1) is 7.27. The molecular formula is C10H12N2O3. The van der Waals surface area contributed by atoms with Gasteiger partial charge in [0, 0.05) is 5.56 Å². The van der Waals surface area contributed by atoms with E-state index in [9.17, 15) is 4.79 Å². The molecule has 0 atom stereocenters. The Balaban J connectivity index is 2.74. The van der Waals surface area contributed by atoms with Crippen LogP contribution in [0.4, 0.5) is 0 Å². The molecule has 1 aromatic rings. The van der Waals surface area contributed by atoms with E-state index in [-0.39, 0.29) is 12.3 Å². The van der Waals surface area contributed by atoms with Gasteiger partial charge < -0.3 is 15.3 Å². The third-order valence-corrected chi connectivity index (χ3v) is 1.66. The van der Waals surface area contributed by atoms with Gasteiger partial charge in [0.15, 0.2) is 5.84 Å². The van der Waals surface area contributed by atoms with Crippen LogP contribution in [0.1, 0.15) is 12.5 Å². The Kier molecular flexibility index (Phi) is 4.15. The van der Waals surface area contributed by atoms with Crippen LogP contribution in [0.3, 0.4) is 0 Å². The minimum atomic E-state index is 0.144. The third-order valence-electron chi connectivity index (χ3n) is 1.66. The van der Waals surface area contributed by atoms with E-state index in [0.717, 1.165) is 5.75 Å². The van der Waals surface area contributed by atoms with Crippen molar-refractivity contribution in [3.8, 4) is 5.75 Å². The van der Waals surface area contributed by atoms with E-state index in [1.807, 2.05) is 6.92 Å². The van der Waals surface area contributed by atoms with Crippen LogP contribution in [0, 0.1) is 0 Å². The molecule has 80 valence electrons. The highest BCUT2D eigenvalue weighted by Gasteiger charge is 1.99. The van der Waals surface area contributed by atoms with E-state index < -0.39 is 0 Å². The van der Waals surface area contributed by atoms with Crippen molar-refractivity contribution in [2.75, 3.05) is 6.61 Å². The van der Waals surface area contributed by atoms with E-state index >= 15 is 0 Å². The van der Waals surface area contributed by atoms with Crippen molar-refractivity contribution < 1.29 is 14.4 Å². The van der Waals surface area contributed by atoms with E-state index in [4.69, 9.17) is 10.5 Å². The fraction of sp³-hybridized carbons (Fsp3) is 0.200. The summed E-state index contributed by atoms with van der Waals surface area (Å²) in [7, 11) is 0. The van der Waals surface area contributed by atoms with Crippen molar-refractivity contribution in [3.05, 3.63) is 29.8 Å². The van der Waals surface area contributed by atoms with Gasteiger partial charge in [-0.05, 0) is 31.2 Å². The molecule has 0 radical (unpaired) electrons. The largest absolute Gasteiger partial charge is 0.494 e. The summed E-state index contributed by atoms with van der Waals surface area (Å²) in [6.45, 7) is 2.72. The Hall–Kier alpha value is -2.04. The number of amidine groups is 1. The standard InChI is InChI=1S/C10H12N2O3/c1-2-14-9-5-3-8(4-6-9)10(11)12-15-7-13/h3-7H,2H2,1H3,(H2,11,12). The van der Waals surface area contributed by atoms with E-state index in [2.05, 4.69) is 9.99 Å². The number of nitrogens with zero attached hydrogens (tertiary/aromatic N) is 1. The average molecular weight is 208 g/mol. The monoisotopic (exact) mass is 208 g/mol. The number of hydrogen-bond acceptors (Lipinski definition) is 4. The quantitative estimate of drug-likeness (QED) is 0.256. The number of carbonyl (C=O) groups is 1. The molecule has 0 fully saturated rings. The summed E-state index contributed by atoms with van der Waals surface area (Å²) in [6, 6.07) is 7.00. The van der Waals surface area contributed by atoms with Gasteiger partial charge in [-0.25, -0.2) is 0 Å². The summed E-state index contributed by atoms with van der Waals surface area (Å²) in [5.41, 5.74) is 6.20. The van der Waals surface area contributed by atoms with E-state index in [0.29, 0.717) is 12.2 Å². The van der Waals surface area contributed by atoms with Crippen molar-refractivity contribution >= 4 is 12.3 Å². The highest BCUT2D eigenvalue weighted by molar-refractivity contribution is 5.97. The lowest BCUT2D eigenvalue weighted by Crippen LogP contribution is -2.13. The van der Waals surface area contributed by atoms with E-state index in [1.54, 1.807) is 24.3 Å². The molecule has 0 aromatic heterocycles. The van der Waals surface area contributed by atoms with Gasteiger partial charge in [0.05, 0.1) is 6.61 Å². The molecule has 0 amide bonds. The minimum absolute atomic E-state index is 0.144. The summed E-state index contributed by atoms with van der Waals surface area (Å²) < 4.78 is 5.25. The number of rotatable bonds is 5. The molecule has 1 rings (SSSR count). The summed E-state index contributed by atoms with van der Waals surface area (Å²) in [5, 5.41) is 3.37. The maximum atomic E-state index is 9.88. The molecule has 5 heteroatoms. The smallest absolute Gasteiger partial charge is 0.323 e. The molecule has 15 heavy (non-hydrogen) atoms. The van der Waals surface area contributed by atoms with Crippen LogP contribution in [-0.2, 0) is 9.63 Å². The fourth-order valence-corrected chi connectivity index (χ4v) is 1.02. The summed E-state index contributed by atoms with van der Waals surface area (Å²) in [4.78, 5) is 14.1. The van der Waals surface area contributed by atoms with Gasteiger partial charge in [0.25, 0.3) is 0 Å². The second-order valence-corrected chi connectivity index (χ2v) is 2.64.